The van der Waals surface area contributed by atoms with Gasteiger partial charge in [-0.2, -0.15) is 4.31 Å². The van der Waals surface area contributed by atoms with Gasteiger partial charge in [0.15, 0.2) is 0 Å². The minimum absolute atomic E-state index is 0.132. The molecule has 0 radical (unpaired) electrons. The Kier molecular flexibility index (Phi) is 6.11. The number of rotatable bonds is 4. The van der Waals surface area contributed by atoms with Gasteiger partial charge in [0.1, 0.15) is 5.82 Å². The lowest BCUT2D eigenvalue weighted by Gasteiger charge is -2.37. The van der Waals surface area contributed by atoms with E-state index in [1.807, 2.05) is 6.92 Å². The molecule has 2 heterocycles. The largest absolute Gasteiger partial charge is 0.298 e. The van der Waals surface area contributed by atoms with Gasteiger partial charge in [-0.05, 0) is 49.4 Å². The third-order valence-electron chi connectivity index (χ3n) is 5.72. The summed E-state index contributed by atoms with van der Waals surface area (Å²) in [6.07, 6.45) is 0. The van der Waals surface area contributed by atoms with Crippen LogP contribution in [0.25, 0.3) is 10.9 Å². The van der Waals surface area contributed by atoms with Gasteiger partial charge in [-0.3, -0.25) is 14.3 Å². The summed E-state index contributed by atoms with van der Waals surface area (Å²) in [6, 6.07) is 11.1. The fraction of sp³-hybridized carbons (Fsp3) is 0.333. The summed E-state index contributed by atoms with van der Waals surface area (Å²) >= 11 is 12.0. The van der Waals surface area contributed by atoms with E-state index in [0.29, 0.717) is 53.0 Å². The molecular weight excluding hydrogens is 459 g/mol. The van der Waals surface area contributed by atoms with Crippen LogP contribution in [0.15, 0.2) is 52.2 Å². The number of sulfonamides is 1. The minimum Gasteiger partial charge on any atom is -0.298 e. The standard InChI is InChI=1S/C21H22Cl2N4O3S/c1-14(20-24-19-13-16(23)5-8-18(19)21(28)25(20)2)26-9-11-27(12-10-26)31(29,30)17-6-3-15(22)4-7-17/h3-8,13-14H,9-12H2,1-2H3. The molecule has 1 unspecified atom stereocenters. The van der Waals surface area contributed by atoms with Gasteiger partial charge in [0.25, 0.3) is 5.56 Å². The van der Waals surface area contributed by atoms with Gasteiger partial charge in [0.2, 0.25) is 10.0 Å². The van der Waals surface area contributed by atoms with Crippen LogP contribution in [-0.2, 0) is 17.1 Å². The van der Waals surface area contributed by atoms with Gasteiger partial charge in [0, 0.05) is 43.3 Å². The van der Waals surface area contributed by atoms with Gasteiger partial charge in [-0.15, -0.1) is 0 Å². The number of piperazine rings is 1. The normalized spacial score (nSPS) is 17.2. The molecule has 1 atom stereocenters. The van der Waals surface area contributed by atoms with Crippen molar-refractivity contribution in [3.05, 3.63) is 68.7 Å². The molecule has 4 rings (SSSR count). The van der Waals surface area contributed by atoms with Crippen LogP contribution in [-0.4, -0.2) is 53.4 Å². The number of hydrogen-bond acceptors (Lipinski definition) is 5. The molecule has 0 amide bonds. The second-order valence-corrected chi connectivity index (χ2v) is 10.4. The van der Waals surface area contributed by atoms with Crippen molar-refractivity contribution in [2.45, 2.75) is 17.9 Å². The van der Waals surface area contributed by atoms with Crippen LogP contribution in [0, 0.1) is 0 Å². The molecule has 3 aromatic rings. The number of benzene rings is 2. The molecule has 0 aliphatic carbocycles. The Morgan fingerprint density at radius 1 is 0.968 bits per heavy atom. The Balaban J connectivity index is 1.55. The number of halogens is 2. The summed E-state index contributed by atoms with van der Waals surface area (Å²) in [5, 5.41) is 1.53. The zero-order valence-corrected chi connectivity index (χ0v) is 19.5. The number of nitrogens with zero attached hydrogens (tertiary/aromatic N) is 4. The van der Waals surface area contributed by atoms with E-state index < -0.39 is 10.0 Å². The maximum absolute atomic E-state index is 12.9. The Bertz CT molecular complexity index is 1280. The highest BCUT2D eigenvalue weighted by molar-refractivity contribution is 7.89. The van der Waals surface area contributed by atoms with Crippen molar-refractivity contribution in [2.75, 3.05) is 26.2 Å². The van der Waals surface area contributed by atoms with Crippen LogP contribution in [0.2, 0.25) is 10.0 Å². The summed E-state index contributed by atoms with van der Waals surface area (Å²) in [6.45, 7) is 3.72. The molecule has 31 heavy (non-hydrogen) atoms. The lowest BCUT2D eigenvalue weighted by atomic mass is 10.2. The summed E-state index contributed by atoms with van der Waals surface area (Å²) in [4.78, 5) is 19.8. The first-order chi connectivity index (χ1) is 14.7. The average molecular weight is 481 g/mol. The van der Waals surface area contributed by atoms with E-state index in [0.717, 1.165) is 0 Å². The molecule has 1 aliphatic rings. The first kappa shape index (κ1) is 22.2. The lowest BCUT2D eigenvalue weighted by molar-refractivity contribution is 0.139. The maximum atomic E-state index is 12.9. The first-order valence-electron chi connectivity index (χ1n) is 9.84. The van der Waals surface area contributed by atoms with Gasteiger partial charge in [-0.25, -0.2) is 13.4 Å². The molecule has 1 aliphatic heterocycles. The van der Waals surface area contributed by atoms with Crippen molar-refractivity contribution in [3.63, 3.8) is 0 Å². The monoisotopic (exact) mass is 480 g/mol. The minimum atomic E-state index is -3.58. The van der Waals surface area contributed by atoms with E-state index in [9.17, 15) is 13.2 Å². The summed E-state index contributed by atoms with van der Waals surface area (Å²) < 4.78 is 28.9. The highest BCUT2D eigenvalue weighted by atomic mass is 35.5. The first-order valence-corrected chi connectivity index (χ1v) is 12.0. The van der Waals surface area contributed by atoms with E-state index in [2.05, 4.69) is 9.88 Å². The van der Waals surface area contributed by atoms with Crippen LogP contribution in [0.1, 0.15) is 18.8 Å². The van der Waals surface area contributed by atoms with E-state index >= 15 is 0 Å². The molecule has 10 heteroatoms. The molecule has 0 N–H and O–H groups in total. The maximum Gasteiger partial charge on any atom is 0.261 e. The van der Waals surface area contributed by atoms with Crippen molar-refractivity contribution >= 4 is 44.1 Å². The smallest absolute Gasteiger partial charge is 0.261 e. The van der Waals surface area contributed by atoms with E-state index in [-0.39, 0.29) is 16.5 Å². The molecule has 0 bridgehead atoms. The highest BCUT2D eigenvalue weighted by Crippen LogP contribution is 2.25. The van der Waals surface area contributed by atoms with Crippen molar-refractivity contribution in [1.82, 2.24) is 18.8 Å². The molecule has 2 aromatic carbocycles. The topological polar surface area (TPSA) is 75.5 Å². The van der Waals surface area contributed by atoms with Crippen LogP contribution in [0.4, 0.5) is 0 Å². The SMILES string of the molecule is CC(c1nc2cc(Cl)ccc2c(=O)n1C)N1CCN(S(=O)(=O)c2ccc(Cl)cc2)CC1. The Morgan fingerprint density at radius 3 is 2.23 bits per heavy atom. The fourth-order valence-corrected chi connectivity index (χ4v) is 5.60. The predicted molar refractivity (Wildman–Crippen MR) is 122 cm³/mol. The third kappa shape index (κ3) is 4.23. The third-order valence-corrected chi connectivity index (χ3v) is 8.12. The zero-order valence-electron chi connectivity index (χ0n) is 17.1. The van der Waals surface area contributed by atoms with Gasteiger partial charge in [-0.1, -0.05) is 23.2 Å². The molecule has 1 aromatic heterocycles. The summed E-state index contributed by atoms with van der Waals surface area (Å²) in [5.41, 5.74) is 0.425. The molecule has 1 saturated heterocycles. The molecule has 0 spiro atoms. The Labute approximate surface area is 190 Å². The van der Waals surface area contributed by atoms with Crippen LogP contribution < -0.4 is 5.56 Å². The van der Waals surface area contributed by atoms with Crippen molar-refractivity contribution in [1.29, 1.82) is 0 Å². The Hall–Kier alpha value is -1.97. The van der Waals surface area contributed by atoms with Crippen LogP contribution >= 0.6 is 23.2 Å². The van der Waals surface area contributed by atoms with Crippen molar-refractivity contribution in [2.24, 2.45) is 7.05 Å². The van der Waals surface area contributed by atoms with Crippen LogP contribution in [0.3, 0.4) is 0 Å². The zero-order chi connectivity index (χ0) is 22.3. The highest BCUT2D eigenvalue weighted by Gasteiger charge is 2.31. The van der Waals surface area contributed by atoms with E-state index in [1.165, 1.54) is 16.4 Å². The second kappa shape index (κ2) is 8.52. The van der Waals surface area contributed by atoms with Gasteiger partial charge >= 0.3 is 0 Å². The Morgan fingerprint density at radius 2 is 1.58 bits per heavy atom. The average Bonchev–Trinajstić information content (AvgIpc) is 2.76. The van der Waals surface area contributed by atoms with Gasteiger partial charge in [0.05, 0.1) is 21.8 Å². The summed E-state index contributed by atoms with van der Waals surface area (Å²) in [5.74, 6) is 0.619. The number of aromatic nitrogens is 2. The lowest BCUT2D eigenvalue weighted by Crippen LogP contribution is -2.49. The fourth-order valence-electron chi connectivity index (χ4n) is 3.89. The number of fused-ring (bicyclic) bond motifs is 1. The van der Waals surface area contributed by atoms with Gasteiger partial charge < -0.3 is 0 Å². The van der Waals surface area contributed by atoms with E-state index in [4.69, 9.17) is 23.2 Å². The molecule has 164 valence electrons. The molecular formula is C21H22Cl2N4O3S. The molecule has 0 saturated carbocycles. The van der Waals surface area contributed by atoms with Crippen LogP contribution in [0.5, 0.6) is 0 Å². The predicted octanol–water partition coefficient (Wildman–Crippen LogP) is 3.31. The molecule has 1 fully saturated rings. The van der Waals surface area contributed by atoms with Crippen molar-refractivity contribution in [3.8, 4) is 0 Å². The molecule has 7 nitrogen and oxygen atoms in total. The van der Waals surface area contributed by atoms with Crippen molar-refractivity contribution < 1.29 is 8.42 Å². The van der Waals surface area contributed by atoms with E-state index in [1.54, 1.807) is 41.9 Å². The quantitative estimate of drug-likeness (QED) is 0.572. The second-order valence-electron chi connectivity index (χ2n) is 7.57. The number of hydrogen-bond donors (Lipinski definition) is 0. The summed E-state index contributed by atoms with van der Waals surface area (Å²) in [7, 11) is -1.87.